The van der Waals surface area contributed by atoms with E-state index >= 15 is 0 Å². The Balaban J connectivity index is 1.46. The number of Topliss-reactive ketones (excluding diaryl/α,β-unsaturated/α-hetero) is 1. The van der Waals surface area contributed by atoms with Gasteiger partial charge >= 0.3 is 11.9 Å². The number of non-ortho nitro benzene ring substituents is 1. The number of nitrogens with one attached hydrogen (secondary N) is 1. The van der Waals surface area contributed by atoms with Crippen LogP contribution in [0.25, 0.3) is 0 Å². The number of rotatable bonds is 8. The van der Waals surface area contributed by atoms with Crippen molar-refractivity contribution < 1.29 is 63.8 Å². The van der Waals surface area contributed by atoms with Crippen molar-refractivity contribution in [2.75, 3.05) is 6.61 Å². The molecule has 0 spiro atoms. The molecule has 6 rings (SSSR count). The van der Waals surface area contributed by atoms with Gasteiger partial charge in [-0.1, -0.05) is 44.2 Å². The number of nitro benzene ring substituents is 1. The zero-order valence-corrected chi connectivity index (χ0v) is 30.3. The van der Waals surface area contributed by atoms with Crippen LogP contribution in [0.15, 0.2) is 65.7 Å². The fourth-order valence-electron chi connectivity index (χ4n) is 9.09. The van der Waals surface area contributed by atoms with Crippen LogP contribution in [-0.4, -0.2) is 109 Å². The number of ether oxygens (including phenoxy) is 3. The Morgan fingerprint density at radius 2 is 1.65 bits per heavy atom. The molecule has 0 radical (unpaired) electrons. The van der Waals surface area contributed by atoms with Gasteiger partial charge in [-0.25, -0.2) is 9.59 Å². The molecular formula is C38H44N2O14. The predicted molar refractivity (Wildman–Crippen MR) is 185 cm³/mol. The SMILES string of the molecule is CC(=O)NC(c1ccc([N+](=O)[O-])cc1)C(O)C(=O)OC1CC2(O)C(OC(=O)c3ccccc3)C3C4(O)COC4CC(O)[C@@]3(C)C(=O)C(O)C(=C1C)C2(C)C. The number of aliphatic hydroxyl groups excluding tert-OH is 3. The summed E-state index contributed by atoms with van der Waals surface area (Å²) in [5, 5.41) is 73.9. The molecule has 0 aromatic heterocycles. The molecule has 290 valence electrons. The maximum atomic E-state index is 14.6. The fourth-order valence-corrected chi connectivity index (χ4v) is 9.09. The van der Waals surface area contributed by atoms with E-state index in [9.17, 15) is 54.8 Å². The number of carbonyl (C=O) groups is 4. The molecule has 54 heavy (non-hydrogen) atoms. The second-order valence-corrected chi connectivity index (χ2v) is 15.5. The zero-order chi connectivity index (χ0) is 39.7. The van der Waals surface area contributed by atoms with Crippen molar-refractivity contribution in [3.05, 3.63) is 87.0 Å². The van der Waals surface area contributed by atoms with E-state index in [4.69, 9.17) is 14.2 Å². The number of hydrogen-bond donors (Lipinski definition) is 6. The molecule has 16 heteroatoms. The summed E-state index contributed by atoms with van der Waals surface area (Å²) >= 11 is 0. The third-order valence-electron chi connectivity index (χ3n) is 12.3. The van der Waals surface area contributed by atoms with Gasteiger partial charge in [-0.3, -0.25) is 19.7 Å². The first-order valence-electron chi connectivity index (χ1n) is 17.5. The third-order valence-corrected chi connectivity index (χ3v) is 12.3. The van der Waals surface area contributed by atoms with Gasteiger partial charge in [0, 0.05) is 43.2 Å². The number of fused-ring (bicyclic) bond motifs is 5. The molecule has 11 atom stereocenters. The molecule has 4 aliphatic rings. The largest absolute Gasteiger partial charge is 0.456 e. The van der Waals surface area contributed by atoms with Gasteiger partial charge < -0.3 is 45.1 Å². The Morgan fingerprint density at radius 1 is 1.02 bits per heavy atom. The van der Waals surface area contributed by atoms with Gasteiger partial charge in [-0.05, 0) is 42.7 Å². The summed E-state index contributed by atoms with van der Waals surface area (Å²) < 4.78 is 17.6. The summed E-state index contributed by atoms with van der Waals surface area (Å²) in [5.41, 5.74) is -7.95. The van der Waals surface area contributed by atoms with Crippen LogP contribution in [0.1, 0.15) is 69.4 Å². The number of nitro groups is 1. The average molecular weight is 753 g/mol. The summed E-state index contributed by atoms with van der Waals surface area (Å²) in [4.78, 5) is 65.0. The van der Waals surface area contributed by atoms with E-state index in [2.05, 4.69) is 5.32 Å². The van der Waals surface area contributed by atoms with Gasteiger partial charge in [0.05, 0.1) is 40.8 Å². The Kier molecular flexibility index (Phi) is 9.87. The van der Waals surface area contributed by atoms with Gasteiger partial charge in [0.25, 0.3) is 5.69 Å². The van der Waals surface area contributed by atoms with Crippen LogP contribution in [0.2, 0.25) is 0 Å². The number of aliphatic hydroxyl groups is 5. The van der Waals surface area contributed by atoms with Crippen LogP contribution in [-0.2, 0) is 28.6 Å². The smallest absolute Gasteiger partial charge is 0.338 e. The highest BCUT2D eigenvalue weighted by Gasteiger charge is 2.76. The molecular weight excluding hydrogens is 708 g/mol. The lowest BCUT2D eigenvalue weighted by molar-refractivity contribution is -0.384. The Morgan fingerprint density at radius 3 is 2.20 bits per heavy atom. The van der Waals surface area contributed by atoms with E-state index in [1.165, 1.54) is 52.0 Å². The number of esters is 2. The monoisotopic (exact) mass is 752 g/mol. The van der Waals surface area contributed by atoms with Crippen LogP contribution >= 0.6 is 0 Å². The van der Waals surface area contributed by atoms with Gasteiger partial charge in [-0.2, -0.15) is 0 Å². The van der Waals surface area contributed by atoms with Crippen molar-refractivity contribution in [2.24, 2.45) is 16.7 Å². The average Bonchev–Trinajstić information content (AvgIpc) is 3.12. The highest BCUT2D eigenvalue weighted by Crippen LogP contribution is 2.63. The molecule has 3 aliphatic carbocycles. The van der Waals surface area contributed by atoms with Crippen LogP contribution in [0.5, 0.6) is 0 Å². The van der Waals surface area contributed by atoms with Crippen LogP contribution in [0.4, 0.5) is 5.69 Å². The summed E-state index contributed by atoms with van der Waals surface area (Å²) in [7, 11) is 0. The van der Waals surface area contributed by atoms with Crippen molar-refractivity contribution in [2.45, 2.75) is 101 Å². The molecule has 1 aliphatic heterocycles. The molecule has 1 saturated heterocycles. The minimum atomic E-state index is -2.35. The van der Waals surface area contributed by atoms with Crippen molar-refractivity contribution in [1.82, 2.24) is 5.32 Å². The first-order chi connectivity index (χ1) is 25.2. The normalized spacial score (nSPS) is 35.1. The van der Waals surface area contributed by atoms with Crippen LogP contribution < -0.4 is 5.32 Å². The van der Waals surface area contributed by atoms with Gasteiger partial charge in [0.1, 0.15) is 29.5 Å². The number of amides is 1. The summed E-state index contributed by atoms with van der Waals surface area (Å²) in [5.74, 6) is -5.38. The molecule has 2 aromatic rings. The van der Waals surface area contributed by atoms with E-state index < -0.39 is 106 Å². The molecule has 3 fully saturated rings. The lowest BCUT2D eigenvalue weighted by Gasteiger charge is -2.66. The highest BCUT2D eigenvalue weighted by atomic mass is 16.6. The van der Waals surface area contributed by atoms with Crippen molar-refractivity contribution in [1.29, 1.82) is 0 Å². The zero-order valence-electron chi connectivity index (χ0n) is 30.3. The standard InChI is InChI=1S/C38H44N2O14/c1-18-23(53-34(47)29(44)27(39-19(2)41)20-11-13-22(14-12-20)40(50)51)16-38(49)32(54-33(46)21-9-7-6-8-10-21)30-36(5,24(42)15-25-37(30,48)17-52-25)31(45)28(43)26(18)35(38,3)4/h6-14,23-25,27-30,32,42-44,48-49H,15-17H2,1-5H3,(H,39,41)/t23?,24?,25?,27?,28?,29?,30?,32?,36-,37?,38?/m1/s1. The van der Waals surface area contributed by atoms with Crippen molar-refractivity contribution in [3.63, 3.8) is 0 Å². The van der Waals surface area contributed by atoms with Gasteiger partial charge in [0.15, 0.2) is 11.9 Å². The summed E-state index contributed by atoms with van der Waals surface area (Å²) in [6, 6.07) is 11.1. The maximum Gasteiger partial charge on any atom is 0.338 e. The summed E-state index contributed by atoms with van der Waals surface area (Å²) in [6.45, 7) is 6.64. The second kappa shape index (κ2) is 13.6. The molecule has 1 amide bonds. The molecule has 2 saturated carbocycles. The number of carbonyl (C=O) groups excluding carboxylic acids is 4. The van der Waals surface area contributed by atoms with E-state index in [1.807, 2.05) is 0 Å². The van der Waals surface area contributed by atoms with Crippen molar-refractivity contribution >= 4 is 29.3 Å². The van der Waals surface area contributed by atoms with Crippen LogP contribution in [0, 0.1) is 26.9 Å². The molecule has 16 nitrogen and oxygen atoms in total. The lowest BCUT2D eigenvalue weighted by atomic mass is 9.44. The van der Waals surface area contributed by atoms with Gasteiger partial charge in [0.2, 0.25) is 5.91 Å². The number of ketones is 1. The molecule has 10 unspecified atom stereocenters. The van der Waals surface area contributed by atoms with E-state index in [1.54, 1.807) is 18.2 Å². The van der Waals surface area contributed by atoms with E-state index in [0.717, 1.165) is 19.1 Å². The van der Waals surface area contributed by atoms with E-state index in [0.29, 0.717) is 0 Å². The predicted octanol–water partition coefficient (Wildman–Crippen LogP) is 1.21. The molecule has 6 N–H and O–H groups in total. The summed E-state index contributed by atoms with van der Waals surface area (Å²) in [6.07, 6.45) is -10.7. The Labute approximate surface area is 309 Å². The highest BCUT2D eigenvalue weighted by molar-refractivity contribution is 5.94. The first kappa shape index (κ1) is 39.1. The minimum absolute atomic E-state index is 0.0721. The van der Waals surface area contributed by atoms with Crippen LogP contribution in [0.3, 0.4) is 0 Å². The van der Waals surface area contributed by atoms with Crippen molar-refractivity contribution in [3.8, 4) is 0 Å². The number of hydrogen-bond acceptors (Lipinski definition) is 14. The lowest BCUT2D eigenvalue weighted by Crippen LogP contribution is -2.81. The molecule has 2 bridgehead atoms. The van der Waals surface area contributed by atoms with Gasteiger partial charge in [-0.15, -0.1) is 0 Å². The Bertz CT molecular complexity index is 1900. The quantitative estimate of drug-likeness (QED) is 0.0960. The fraction of sp³-hybridized carbons (Fsp3) is 0.526. The topological polar surface area (TPSA) is 252 Å². The minimum Gasteiger partial charge on any atom is -0.456 e. The Hall–Kier alpha value is -4.58. The second-order valence-electron chi connectivity index (χ2n) is 15.5. The number of benzene rings is 2. The van der Waals surface area contributed by atoms with E-state index in [-0.39, 0.29) is 41.0 Å². The molecule has 2 aromatic carbocycles. The third kappa shape index (κ3) is 5.92. The molecule has 1 heterocycles. The first-order valence-corrected chi connectivity index (χ1v) is 17.5. The maximum absolute atomic E-state index is 14.6. The number of nitrogens with zero attached hydrogens (tertiary/aromatic N) is 1.